The number of nitrogens with zero attached hydrogens (tertiary/aromatic N) is 1. The second kappa shape index (κ2) is 9.61. The fourth-order valence-electron chi connectivity index (χ4n) is 3.45. The van der Waals surface area contributed by atoms with Crippen molar-refractivity contribution in [1.82, 2.24) is 4.98 Å². The number of aromatic nitrogens is 1. The quantitative estimate of drug-likeness (QED) is 0.341. The molecule has 1 heterocycles. The summed E-state index contributed by atoms with van der Waals surface area (Å²) >= 11 is 0. The number of fused-ring (bicyclic) bond motifs is 1. The number of ether oxygens (including phenoxy) is 2. The predicted molar refractivity (Wildman–Crippen MR) is 131 cm³/mol. The summed E-state index contributed by atoms with van der Waals surface area (Å²) in [6.07, 6.45) is 3.32. The first kappa shape index (κ1) is 22.1. The van der Waals surface area contributed by atoms with Crippen LogP contribution in [0.4, 0.5) is 5.69 Å². The van der Waals surface area contributed by atoms with Crippen molar-refractivity contribution in [3.63, 3.8) is 0 Å². The maximum absolute atomic E-state index is 12.4. The van der Waals surface area contributed by atoms with Gasteiger partial charge < -0.3 is 19.2 Å². The van der Waals surface area contributed by atoms with Crippen LogP contribution < -0.4 is 14.8 Å². The summed E-state index contributed by atoms with van der Waals surface area (Å²) in [6.45, 7) is 4.31. The highest BCUT2D eigenvalue weighted by molar-refractivity contribution is 6.02. The first-order valence-electron chi connectivity index (χ1n) is 10.7. The van der Waals surface area contributed by atoms with Crippen LogP contribution in [-0.4, -0.2) is 25.1 Å². The van der Waals surface area contributed by atoms with Gasteiger partial charge in [-0.3, -0.25) is 4.79 Å². The van der Waals surface area contributed by atoms with Gasteiger partial charge in [-0.2, -0.15) is 0 Å². The van der Waals surface area contributed by atoms with E-state index in [1.54, 1.807) is 44.6 Å². The van der Waals surface area contributed by atoms with Crippen LogP contribution >= 0.6 is 0 Å². The van der Waals surface area contributed by atoms with Gasteiger partial charge in [0.05, 0.1) is 14.2 Å². The standard InChI is InChI=1S/C27H26N2O4/c1-17(2)19-8-5-18(6-9-19)7-14-26(30)28-21-11-13-23-22(16-21)29-27(33-23)20-10-12-24(31-3)25(15-20)32-4/h5-17H,1-4H3,(H,28,30)/b14-7+. The Morgan fingerprint density at radius 1 is 0.970 bits per heavy atom. The maximum Gasteiger partial charge on any atom is 0.248 e. The maximum atomic E-state index is 12.4. The van der Waals surface area contributed by atoms with Crippen molar-refractivity contribution in [3.8, 4) is 23.0 Å². The zero-order valence-corrected chi connectivity index (χ0v) is 19.1. The Kier molecular flexibility index (Phi) is 6.45. The van der Waals surface area contributed by atoms with E-state index < -0.39 is 0 Å². The van der Waals surface area contributed by atoms with Gasteiger partial charge in [0.1, 0.15) is 5.52 Å². The number of benzene rings is 3. The van der Waals surface area contributed by atoms with E-state index in [0.717, 1.165) is 11.1 Å². The Morgan fingerprint density at radius 2 is 1.73 bits per heavy atom. The Morgan fingerprint density at radius 3 is 2.42 bits per heavy atom. The molecule has 33 heavy (non-hydrogen) atoms. The monoisotopic (exact) mass is 442 g/mol. The lowest BCUT2D eigenvalue weighted by molar-refractivity contribution is -0.111. The molecule has 6 heteroatoms. The van der Waals surface area contributed by atoms with Gasteiger partial charge in [0.2, 0.25) is 11.8 Å². The fraction of sp³-hybridized carbons (Fsp3) is 0.185. The van der Waals surface area contributed by atoms with Crippen molar-refractivity contribution in [2.75, 3.05) is 19.5 Å². The molecule has 3 aromatic carbocycles. The normalized spacial score (nSPS) is 11.3. The van der Waals surface area contributed by atoms with Crippen LogP contribution in [-0.2, 0) is 4.79 Å². The van der Waals surface area contributed by atoms with Crippen molar-refractivity contribution < 1.29 is 18.7 Å². The minimum Gasteiger partial charge on any atom is -0.493 e. The SMILES string of the molecule is COc1ccc(-c2nc3cc(NC(=O)/C=C/c4ccc(C(C)C)cc4)ccc3o2)cc1OC. The predicted octanol–water partition coefficient (Wildman–Crippen LogP) is 6.29. The molecule has 1 N–H and O–H groups in total. The lowest BCUT2D eigenvalue weighted by Gasteiger charge is -2.07. The zero-order valence-electron chi connectivity index (χ0n) is 19.1. The molecule has 0 bridgehead atoms. The molecule has 0 fully saturated rings. The van der Waals surface area contributed by atoms with Crippen molar-refractivity contribution in [1.29, 1.82) is 0 Å². The highest BCUT2D eigenvalue weighted by Crippen LogP contribution is 2.33. The third-order valence-corrected chi connectivity index (χ3v) is 5.32. The second-order valence-electron chi connectivity index (χ2n) is 7.92. The van der Waals surface area contributed by atoms with Gasteiger partial charge >= 0.3 is 0 Å². The first-order valence-corrected chi connectivity index (χ1v) is 10.7. The average Bonchev–Trinajstić information content (AvgIpc) is 3.26. The molecule has 0 atom stereocenters. The number of amides is 1. The third-order valence-electron chi connectivity index (χ3n) is 5.32. The molecule has 0 saturated carbocycles. The summed E-state index contributed by atoms with van der Waals surface area (Å²) in [5.74, 6) is 1.94. The van der Waals surface area contributed by atoms with Crippen molar-refractivity contribution >= 4 is 28.8 Å². The van der Waals surface area contributed by atoms with E-state index in [1.165, 1.54) is 11.6 Å². The Bertz CT molecular complexity index is 1300. The van der Waals surface area contributed by atoms with Gasteiger partial charge in [-0.25, -0.2) is 4.98 Å². The lowest BCUT2D eigenvalue weighted by Crippen LogP contribution is -2.07. The molecule has 4 rings (SSSR count). The molecule has 0 spiro atoms. The van der Waals surface area contributed by atoms with E-state index >= 15 is 0 Å². The molecule has 0 radical (unpaired) electrons. The fourth-order valence-corrected chi connectivity index (χ4v) is 3.45. The molecule has 1 aromatic heterocycles. The number of methoxy groups -OCH3 is 2. The Hall–Kier alpha value is -4.06. The lowest BCUT2D eigenvalue weighted by atomic mass is 10.0. The molecule has 0 unspecified atom stereocenters. The van der Waals surface area contributed by atoms with Crippen LogP contribution in [0.25, 0.3) is 28.6 Å². The van der Waals surface area contributed by atoms with Gasteiger partial charge in [0.15, 0.2) is 17.1 Å². The van der Waals surface area contributed by atoms with E-state index in [0.29, 0.717) is 40.1 Å². The number of hydrogen-bond acceptors (Lipinski definition) is 5. The molecular formula is C27H26N2O4. The average molecular weight is 443 g/mol. The number of carbonyl (C=O) groups is 1. The van der Waals surface area contributed by atoms with Gasteiger partial charge in [-0.05, 0) is 59.5 Å². The van der Waals surface area contributed by atoms with E-state index in [-0.39, 0.29) is 5.91 Å². The van der Waals surface area contributed by atoms with Gasteiger partial charge in [-0.1, -0.05) is 38.1 Å². The van der Waals surface area contributed by atoms with Crippen molar-refractivity contribution in [2.45, 2.75) is 19.8 Å². The number of oxazole rings is 1. The first-order chi connectivity index (χ1) is 16.0. The largest absolute Gasteiger partial charge is 0.493 e. The van der Waals surface area contributed by atoms with Crippen molar-refractivity contribution in [3.05, 3.63) is 77.9 Å². The number of hydrogen-bond donors (Lipinski definition) is 1. The van der Waals surface area contributed by atoms with Gasteiger partial charge in [0, 0.05) is 17.3 Å². The van der Waals surface area contributed by atoms with Gasteiger partial charge in [-0.15, -0.1) is 0 Å². The number of rotatable bonds is 7. The smallest absolute Gasteiger partial charge is 0.248 e. The van der Waals surface area contributed by atoms with Crippen LogP contribution in [0, 0.1) is 0 Å². The van der Waals surface area contributed by atoms with Crippen LogP contribution in [0.3, 0.4) is 0 Å². The molecule has 0 aliphatic carbocycles. The van der Waals surface area contributed by atoms with E-state index in [1.807, 2.05) is 24.3 Å². The highest BCUT2D eigenvalue weighted by atomic mass is 16.5. The van der Waals surface area contributed by atoms with Crippen LogP contribution in [0.2, 0.25) is 0 Å². The molecular weight excluding hydrogens is 416 g/mol. The molecule has 4 aromatic rings. The molecule has 0 aliphatic rings. The zero-order chi connectivity index (χ0) is 23.4. The van der Waals surface area contributed by atoms with E-state index in [4.69, 9.17) is 13.9 Å². The Balaban J connectivity index is 1.48. The highest BCUT2D eigenvalue weighted by Gasteiger charge is 2.12. The second-order valence-corrected chi connectivity index (χ2v) is 7.92. The molecule has 6 nitrogen and oxygen atoms in total. The van der Waals surface area contributed by atoms with Crippen LogP contribution in [0.15, 0.2) is 71.2 Å². The molecule has 0 aliphatic heterocycles. The summed E-state index contributed by atoms with van der Waals surface area (Å²) in [4.78, 5) is 17.0. The van der Waals surface area contributed by atoms with E-state index in [2.05, 4.69) is 36.3 Å². The van der Waals surface area contributed by atoms with Crippen LogP contribution in [0.5, 0.6) is 11.5 Å². The molecule has 168 valence electrons. The van der Waals surface area contributed by atoms with Crippen molar-refractivity contribution in [2.24, 2.45) is 0 Å². The summed E-state index contributed by atoms with van der Waals surface area (Å²) in [7, 11) is 3.17. The summed E-state index contributed by atoms with van der Waals surface area (Å²) < 4.78 is 16.5. The van der Waals surface area contributed by atoms with Gasteiger partial charge in [0.25, 0.3) is 0 Å². The van der Waals surface area contributed by atoms with Crippen LogP contribution in [0.1, 0.15) is 30.9 Å². The summed E-state index contributed by atoms with van der Waals surface area (Å²) in [5.41, 5.74) is 4.91. The third kappa shape index (κ3) is 5.06. The number of carbonyl (C=O) groups excluding carboxylic acids is 1. The summed E-state index contributed by atoms with van der Waals surface area (Å²) in [5, 5.41) is 2.87. The topological polar surface area (TPSA) is 73.6 Å². The van der Waals surface area contributed by atoms with E-state index in [9.17, 15) is 4.79 Å². The molecule has 0 saturated heterocycles. The number of nitrogens with one attached hydrogen (secondary N) is 1. The summed E-state index contributed by atoms with van der Waals surface area (Å²) in [6, 6.07) is 19.0. The molecule has 1 amide bonds. The number of anilines is 1. The Labute approximate surface area is 192 Å². The minimum absolute atomic E-state index is 0.217. The minimum atomic E-state index is -0.217.